The number of aryl methyl sites for hydroxylation is 1. The van der Waals surface area contributed by atoms with E-state index in [-0.39, 0.29) is 24.0 Å². The second-order valence-electron chi connectivity index (χ2n) is 7.28. The molecule has 3 N–H and O–H groups in total. The van der Waals surface area contributed by atoms with Crippen LogP contribution in [0.4, 0.5) is 5.69 Å². The smallest absolute Gasteiger partial charge is 0.193 e. The van der Waals surface area contributed by atoms with Crippen molar-refractivity contribution in [3.63, 3.8) is 0 Å². The lowest BCUT2D eigenvalue weighted by atomic mass is 9.90. The minimum absolute atomic E-state index is 0. The maximum absolute atomic E-state index is 6.16. The van der Waals surface area contributed by atoms with E-state index in [1.807, 2.05) is 0 Å². The van der Waals surface area contributed by atoms with Gasteiger partial charge in [-0.25, -0.2) is 0 Å². The van der Waals surface area contributed by atoms with Gasteiger partial charge in [0.2, 0.25) is 0 Å². The van der Waals surface area contributed by atoms with E-state index in [9.17, 15) is 0 Å². The molecule has 1 aromatic rings. The summed E-state index contributed by atoms with van der Waals surface area (Å²) in [6.45, 7) is 4.97. The van der Waals surface area contributed by atoms with Gasteiger partial charge in [-0.15, -0.1) is 24.0 Å². The first kappa shape index (κ1) is 21.4. The number of rotatable bonds is 6. The Bertz CT molecular complexity index is 585. The Morgan fingerprint density at radius 3 is 2.81 bits per heavy atom. The minimum Gasteiger partial charge on any atom is -0.383 e. The van der Waals surface area contributed by atoms with Crippen molar-refractivity contribution in [2.24, 2.45) is 16.6 Å². The molecular formula is C20H33IN4O. The highest BCUT2D eigenvalue weighted by Gasteiger charge is 2.19. The zero-order valence-electron chi connectivity index (χ0n) is 15.9. The molecule has 0 bridgehead atoms. The van der Waals surface area contributed by atoms with E-state index in [2.05, 4.69) is 33.4 Å². The molecule has 0 spiro atoms. The molecule has 0 radical (unpaired) electrons. The topological polar surface area (TPSA) is 62.9 Å². The van der Waals surface area contributed by atoms with E-state index < -0.39 is 0 Å². The average Bonchev–Trinajstić information content (AvgIpc) is 2.66. The number of piperidine rings is 1. The molecule has 146 valence electrons. The van der Waals surface area contributed by atoms with E-state index in [0.717, 1.165) is 44.9 Å². The normalized spacial score (nSPS) is 18.9. The van der Waals surface area contributed by atoms with Crippen molar-refractivity contribution in [2.75, 3.05) is 45.2 Å². The van der Waals surface area contributed by atoms with Crippen molar-refractivity contribution in [1.29, 1.82) is 0 Å². The summed E-state index contributed by atoms with van der Waals surface area (Å²) in [7, 11) is 1.76. The Labute approximate surface area is 174 Å². The third-order valence-corrected chi connectivity index (χ3v) is 5.50. The van der Waals surface area contributed by atoms with Gasteiger partial charge in [-0.3, -0.25) is 4.99 Å². The molecule has 0 amide bonds. The fourth-order valence-corrected chi connectivity index (χ4v) is 3.92. The number of benzene rings is 1. The second-order valence-corrected chi connectivity index (χ2v) is 7.28. The third kappa shape index (κ3) is 6.09. The highest BCUT2D eigenvalue weighted by atomic mass is 127. The molecule has 1 aromatic carbocycles. The van der Waals surface area contributed by atoms with E-state index in [1.165, 1.54) is 43.2 Å². The summed E-state index contributed by atoms with van der Waals surface area (Å²) in [6.07, 6.45) is 7.28. The number of aliphatic imine (C=N–C) groups is 1. The van der Waals surface area contributed by atoms with Gasteiger partial charge in [0.15, 0.2) is 5.96 Å². The molecule has 6 heteroatoms. The zero-order chi connectivity index (χ0) is 17.5. The highest BCUT2D eigenvalue weighted by Crippen LogP contribution is 2.27. The van der Waals surface area contributed by atoms with Gasteiger partial charge in [0.1, 0.15) is 0 Å². The lowest BCUT2D eigenvalue weighted by Gasteiger charge is -2.31. The molecule has 0 saturated carbocycles. The standard InChI is InChI=1S/C20H32N4O.HI/c1-25-14-13-24-11-9-16(10-12-24)15-22-20(21)23-19-8-4-6-17-5-2-3-7-18(17)19;/h4,6,8,16H,2-3,5,7,9-15H2,1H3,(H3,21,22,23);1H. The number of methoxy groups -OCH3 is 1. The van der Waals surface area contributed by atoms with Crippen molar-refractivity contribution >= 4 is 35.6 Å². The molecule has 1 fully saturated rings. The SMILES string of the molecule is COCCN1CCC(CN=C(N)Nc2cccc3c2CCCC3)CC1.I. The number of likely N-dealkylation sites (tertiary alicyclic amines) is 1. The monoisotopic (exact) mass is 472 g/mol. The predicted octanol–water partition coefficient (Wildman–Crippen LogP) is 3.27. The molecule has 1 aliphatic carbocycles. The number of guanidine groups is 1. The summed E-state index contributed by atoms with van der Waals surface area (Å²) in [5, 5.41) is 3.35. The molecule has 5 nitrogen and oxygen atoms in total. The molecule has 0 aromatic heterocycles. The van der Waals surface area contributed by atoms with Crippen LogP contribution in [0.2, 0.25) is 0 Å². The summed E-state index contributed by atoms with van der Waals surface area (Å²) >= 11 is 0. The Balaban J connectivity index is 0.00000243. The van der Waals surface area contributed by atoms with Crippen molar-refractivity contribution in [3.8, 4) is 0 Å². The fourth-order valence-electron chi connectivity index (χ4n) is 3.92. The van der Waals surface area contributed by atoms with Crippen molar-refractivity contribution in [2.45, 2.75) is 38.5 Å². The van der Waals surface area contributed by atoms with Gasteiger partial charge in [-0.2, -0.15) is 0 Å². The predicted molar refractivity (Wildman–Crippen MR) is 120 cm³/mol. The van der Waals surface area contributed by atoms with Crippen LogP contribution < -0.4 is 11.1 Å². The van der Waals surface area contributed by atoms with Crippen LogP contribution in [0, 0.1) is 5.92 Å². The summed E-state index contributed by atoms with van der Waals surface area (Å²) in [6, 6.07) is 6.49. The van der Waals surface area contributed by atoms with Gasteiger partial charge < -0.3 is 20.7 Å². The number of nitrogens with two attached hydrogens (primary N) is 1. The van der Waals surface area contributed by atoms with E-state index >= 15 is 0 Å². The lowest BCUT2D eigenvalue weighted by Crippen LogP contribution is -2.37. The Hall–Kier alpha value is -0.860. The van der Waals surface area contributed by atoms with Crippen molar-refractivity contribution in [1.82, 2.24) is 4.90 Å². The summed E-state index contributed by atoms with van der Waals surface area (Å²) in [5.41, 5.74) is 10.2. The fraction of sp³-hybridized carbons (Fsp3) is 0.650. The minimum atomic E-state index is 0. The molecule has 3 rings (SSSR count). The lowest BCUT2D eigenvalue weighted by molar-refractivity contribution is 0.121. The highest BCUT2D eigenvalue weighted by molar-refractivity contribution is 14.0. The summed E-state index contributed by atoms with van der Waals surface area (Å²) < 4.78 is 5.16. The summed E-state index contributed by atoms with van der Waals surface area (Å²) in [4.78, 5) is 7.09. The molecule has 1 saturated heterocycles. The number of hydrogen-bond donors (Lipinski definition) is 2. The number of nitrogens with zero attached hydrogens (tertiary/aromatic N) is 2. The van der Waals surface area contributed by atoms with E-state index in [4.69, 9.17) is 10.5 Å². The van der Waals surface area contributed by atoms with Crippen LogP contribution in [-0.4, -0.2) is 50.8 Å². The van der Waals surface area contributed by atoms with Crippen LogP contribution in [0.15, 0.2) is 23.2 Å². The van der Waals surface area contributed by atoms with Crippen LogP contribution in [-0.2, 0) is 17.6 Å². The van der Waals surface area contributed by atoms with Gasteiger partial charge in [0, 0.05) is 25.9 Å². The molecule has 1 aliphatic heterocycles. The van der Waals surface area contributed by atoms with Crippen molar-refractivity contribution < 1.29 is 4.74 Å². The van der Waals surface area contributed by atoms with E-state index in [1.54, 1.807) is 7.11 Å². The van der Waals surface area contributed by atoms with Gasteiger partial charge in [-0.05, 0) is 74.7 Å². The number of nitrogens with one attached hydrogen (secondary N) is 1. The molecule has 26 heavy (non-hydrogen) atoms. The first-order chi connectivity index (χ1) is 12.3. The first-order valence-corrected chi connectivity index (χ1v) is 9.65. The van der Waals surface area contributed by atoms with Crippen LogP contribution in [0.25, 0.3) is 0 Å². The number of hydrogen-bond acceptors (Lipinski definition) is 3. The van der Waals surface area contributed by atoms with Crippen LogP contribution in [0.5, 0.6) is 0 Å². The van der Waals surface area contributed by atoms with Crippen LogP contribution >= 0.6 is 24.0 Å². The molecule has 1 heterocycles. The average molecular weight is 472 g/mol. The molecule has 0 atom stereocenters. The Morgan fingerprint density at radius 1 is 1.27 bits per heavy atom. The van der Waals surface area contributed by atoms with Gasteiger partial charge in [-0.1, -0.05) is 12.1 Å². The largest absolute Gasteiger partial charge is 0.383 e. The van der Waals surface area contributed by atoms with Crippen LogP contribution in [0.1, 0.15) is 36.8 Å². The zero-order valence-corrected chi connectivity index (χ0v) is 18.2. The van der Waals surface area contributed by atoms with Gasteiger partial charge in [0.25, 0.3) is 0 Å². The number of ether oxygens (including phenoxy) is 1. The van der Waals surface area contributed by atoms with E-state index in [0.29, 0.717) is 11.9 Å². The van der Waals surface area contributed by atoms with Gasteiger partial charge >= 0.3 is 0 Å². The maximum atomic E-state index is 6.16. The Kier molecular flexibility index (Phi) is 9.15. The first-order valence-electron chi connectivity index (χ1n) is 9.65. The van der Waals surface area contributed by atoms with Gasteiger partial charge in [0.05, 0.1) is 6.61 Å². The summed E-state index contributed by atoms with van der Waals surface area (Å²) in [5.74, 6) is 1.20. The number of anilines is 1. The van der Waals surface area contributed by atoms with Crippen molar-refractivity contribution in [3.05, 3.63) is 29.3 Å². The second kappa shape index (κ2) is 11.1. The quantitative estimate of drug-likeness (QED) is 0.379. The third-order valence-electron chi connectivity index (χ3n) is 5.50. The molecular weight excluding hydrogens is 439 g/mol. The number of fused-ring (bicyclic) bond motifs is 1. The number of halogens is 1. The maximum Gasteiger partial charge on any atom is 0.193 e. The molecule has 0 unspecified atom stereocenters. The Morgan fingerprint density at radius 2 is 2.04 bits per heavy atom. The molecule has 2 aliphatic rings. The van der Waals surface area contributed by atoms with Crippen LogP contribution in [0.3, 0.4) is 0 Å².